The molecule has 0 amide bonds. The minimum atomic E-state index is -2.44. The molecule has 0 spiro atoms. The summed E-state index contributed by atoms with van der Waals surface area (Å²) in [5.74, 6) is -3.16. The standard InChI is InChI=1S/C12H15NO5/c1-3-13-18-12(10(14)15,11(16)17)9-6-4-5-8(2)7-9/h4-7,13H,3H2,1-2H3,(H,14,15)(H,16,17). The lowest BCUT2D eigenvalue weighted by atomic mass is 9.93. The molecule has 6 nitrogen and oxygen atoms in total. The van der Waals surface area contributed by atoms with Gasteiger partial charge in [0.15, 0.2) is 0 Å². The first kappa shape index (κ1) is 14.1. The van der Waals surface area contributed by atoms with E-state index < -0.39 is 17.5 Å². The van der Waals surface area contributed by atoms with Gasteiger partial charge in [-0.1, -0.05) is 36.8 Å². The van der Waals surface area contributed by atoms with E-state index in [4.69, 9.17) is 4.84 Å². The zero-order valence-corrected chi connectivity index (χ0v) is 10.1. The van der Waals surface area contributed by atoms with E-state index in [1.807, 2.05) is 0 Å². The van der Waals surface area contributed by atoms with E-state index in [-0.39, 0.29) is 12.1 Å². The van der Waals surface area contributed by atoms with Crippen molar-refractivity contribution in [2.24, 2.45) is 0 Å². The Morgan fingerprint density at radius 3 is 2.39 bits per heavy atom. The van der Waals surface area contributed by atoms with Crippen LogP contribution in [0.15, 0.2) is 24.3 Å². The van der Waals surface area contributed by atoms with E-state index in [9.17, 15) is 19.8 Å². The van der Waals surface area contributed by atoms with E-state index in [1.54, 1.807) is 26.0 Å². The lowest BCUT2D eigenvalue weighted by Gasteiger charge is -2.25. The van der Waals surface area contributed by atoms with Crippen LogP contribution >= 0.6 is 0 Å². The summed E-state index contributed by atoms with van der Waals surface area (Å²) in [6.07, 6.45) is 0. The average molecular weight is 253 g/mol. The number of nitrogens with one attached hydrogen (secondary N) is 1. The first-order chi connectivity index (χ1) is 8.45. The molecule has 0 aromatic heterocycles. The second-order valence-corrected chi connectivity index (χ2v) is 3.76. The molecule has 0 heterocycles. The maximum atomic E-state index is 11.3. The van der Waals surface area contributed by atoms with Crippen LogP contribution in [0.4, 0.5) is 0 Å². The predicted octanol–water partition coefficient (Wildman–Crippen LogP) is 0.901. The summed E-state index contributed by atoms with van der Waals surface area (Å²) >= 11 is 0. The van der Waals surface area contributed by atoms with E-state index in [1.165, 1.54) is 12.1 Å². The molecule has 6 heteroatoms. The van der Waals surface area contributed by atoms with Crippen LogP contribution in [0, 0.1) is 6.92 Å². The van der Waals surface area contributed by atoms with E-state index in [0.29, 0.717) is 0 Å². The molecule has 1 aromatic carbocycles. The maximum absolute atomic E-state index is 11.3. The summed E-state index contributed by atoms with van der Waals surface area (Å²) in [7, 11) is 0. The molecule has 18 heavy (non-hydrogen) atoms. The Balaban J connectivity index is 3.34. The molecule has 0 unspecified atom stereocenters. The number of carboxylic acid groups (broad SMARTS) is 2. The smallest absolute Gasteiger partial charge is 0.354 e. The van der Waals surface area contributed by atoms with Crippen LogP contribution in [0.1, 0.15) is 18.1 Å². The van der Waals surface area contributed by atoms with Crippen LogP contribution < -0.4 is 5.48 Å². The number of carboxylic acids is 2. The molecular formula is C12H15NO5. The molecule has 0 radical (unpaired) electrons. The molecule has 98 valence electrons. The summed E-state index contributed by atoms with van der Waals surface area (Å²) in [6.45, 7) is 3.70. The number of aliphatic carboxylic acids is 2. The number of benzene rings is 1. The van der Waals surface area contributed by atoms with Crippen LogP contribution in [-0.2, 0) is 20.0 Å². The van der Waals surface area contributed by atoms with Gasteiger partial charge >= 0.3 is 17.5 Å². The van der Waals surface area contributed by atoms with Gasteiger partial charge in [0, 0.05) is 12.1 Å². The average Bonchev–Trinajstić information content (AvgIpc) is 2.29. The molecule has 1 rings (SSSR count). The second kappa shape index (κ2) is 5.61. The number of hydrogen-bond acceptors (Lipinski definition) is 4. The van der Waals surface area contributed by atoms with Gasteiger partial charge in [-0.3, -0.25) is 4.84 Å². The zero-order chi connectivity index (χ0) is 13.8. The molecule has 0 bridgehead atoms. The van der Waals surface area contributed by atoms with Gasteiger partial charge in [0.1, 0.15) is 0 Å². The van der Waals surface area contributed by atoms with Crippen molar-refractivity contribution in [3.05, 3.63) is 35.4 Å². The SMILES string of the molecule is CCNOC(C(=O)O)(C(=O)O)c1cccc(C)c1. The topological polar surface area (TPSA) is 95.9 Å². The summed E-state index contributed by atoms with van der Waals surface area (Å²) in [6, 6.07) is 6.21. The number of aryl methyl sites for hydroxylation is 1. The van der Waals surface area contributed by atoms with Gasteiger partial charge in [-0.25, -0.2) is 15.1 Å². The number of carbonyl (C=O) groups is 2. The Hall–Kier alpha value is -1.92. The normalized spacial score (nSPS) is 11.2. The Morgan fingerprint density at radius 2 is 1.94 bits per heavy atom. The molecule has 0 saturated heterocycles. The molecule has 0 aliphatic carbocycles. The van der Waals surface area contributed by atoms with Gasteiger partial charge in [0.2, 0.25) is 0 Å². The van der Waals surface area contributed by atoms with Crippen LogP contribution in [0.3, 0.4) is 0 Å². The zero-order valence-electron chi connectivity index (χ0n) is 10.1. The highest BCUT2D eigenvalue weighted by Gasteiger charge is 2.51. The largest absolute Gasteiger partial charge is 0.478 e. The quantitative estimate of drug-likeness (QED) is 0.515. The Bertz CT molecular complexity index is 444. The number of hydrogen-bond donors (Lipinski definition) is 3. The van der Waals surface area contributed by atoms with Gasteiger partial charge in [-0.2, -0.15) is 0 Å². The van der Waals surface area contributed by atoms with Crippen molar-refractivity contribution in [3.8, 4) is 0 Å². The Labute approximate surface area is 104 Å². The van der Waals surface area contributed by atoms with Gasteiger partial charge in [-0.05, 0) is 6.92 Å². The third-order valence-corrected chi connectivity index (χ3v) is 2.40. The number of hydroxylamine groups is 1. The summed E-state index contributed by atoms with van der Waals surface area (Å²) in [4.78, 5) is 27.6. The first-order valence-electron chi connectivity index (χ1n) is 5.40. The molecule has 0 saturated carbocycles. The minimum Gasteiger partial charge on any atom is -0.478 e. The van der Waals surface area contributed by atoms with Crippen molar-refractivity contribution in [3.63, 3.8) is 0 Å². The Morgan fingerprint density at radius 1 is 1.33 bits per heavy atom. The van der Waals surface area contributed by atoms with Crippen LogP contribution in [-0.4, -0.2) is 28.7 Å². The summed E-state index contributed by atoms with van der Waals surface area (Å²) in [5.41, 5.74) is 0.674. The van der Waals surface area contributed by atoms with Gasteiger partial charge in [-0.15, -0.1) is 0 Å². The fraction of sp³-hybridized carbons (Fsp3) is 0.333. The highest BCUT2D eigenvalue weighted by Crippen LogP contribution is 2.26. The molecular weight excluding hydrogens is 238 g/mol. The highest BCUT2D eigenvalue weighted by atomic mass is 16.7. The third-order valence-electron chi connectivity index (χ3n) is 2.40. The molecule has 0 aliphatic heterocycles. The van der Waals surface area contributed by atoms with Gasteiger partial charge in [0.25, 0.3) is 0 Å². The highest BCUT2D eigenvalue weighted by molar-refractivity contribution is 6.02. The third kappa shape index (κ3) is 2.49. The lowest BCUT2D eigenvalue weighted by Crippen LogP contribution is -2.49. The van der Waals surface area contributed by atoms with E-state index in [2.05, 4.69) is 5.48 Å². The van der Waals surface area contributed by atoms with Crippen molar-refractivity contribution in [2.45, 2.75) is 19.4 Å². The molecule has 0 fully saturated rings. The van der Waals surface area contributed by atoms with E-state index >= 15 is 0 Å². The monoisotopic (exact) mass is 253 g/mol. The predicted molar refractivity (Wildman–Crippen MR) is 62.9 cm³/mol. The van der Waals surface area contributed by atoms with Crippen molar-refractivity contribution < 1.29 is 24.6 Å². The molecule has 0 atom stereocenters. The van der Waals surface area contributed by atoms with Crippen molar-refractivity contribution in [2.75, 3.05) is 6.54 Å². The second-order valence-electron chi connectivity index (χ2n) is 3.76. The molecule has 3 N–H and O–H groups in total. The van der Waals surface area contributed by atoms with Crippen LogP contribution in [0.25, 0.3) is 0 Å². The van der Waals surface area contributed by atoms with Crippen molar-refractivity contribution in [1.29, 1.82) is 0 Å². The first-order valence-corrected chi connectivity index (χ1v) is 5.40. The number of rotatable bonds is 6. The van der Waals surface area contributed by atoms with Gasteiger partial charge < -0.3 is 10.2 Å². The fourth-order valence-electron chi connectivity index (χ4n) is 1.53. The van der Waals surface area contributed by atoms with Crippen LogP contribution in [0.2, 0.25) is 0 Å². The van der Waals surface area contributed by atoms with Gasteiger partial charge in [0.05, 0.1) is 0 Å². The van der Waals surface area contributed by atoms with Crippen molar-refractivity contribution >= 4 is 11.9 Å². The summed E-state index contributed by atoms with van der Waals surface area (Å²) in [5, 5.41) is 18.4. The van der Waals surface area contributed by atoms with E-state index in [0.717, 1.165) is 5.56 Å². The maximum Gasteiger partial charge on any atom is 0.354 e. The minimum absolute atomic E-state index is 0.0588. The van der Waals surface area contributed by atoms with Crippen LogP contribution in [0.5, 0.6) is 0 Å². The molecule has 0 aliphatic rings. The summed E-state index contributed by atoms with van der Waals surface area (Å²) < 4.78 is 0. The lowest BCUT2D eigenvalue weighted by molar-refractivity contribution is -0.196. The fourth-order valence-corrected chi connectivity index (χ4v) is 1.53. The van der Waals surface area contributed by atoms with Crippen molar-refractivity contribution in [1.82, 2.24) is 5.48 Å². The Kier molecular flexibility index (Phi) is 4.41. The molecule has 1 aromatic rings.